The predicted molar refractivity (Wildman–Crippen MR) is 62.3 cm³/mol. The van der Waals surface area contributed by atoms with Gasteiger partial charge >= 0.3 is 0 Å². The van der Waals surface area contributed by atoms with E-state index < -0.39 is 0 Å². The number of benzene rings is 1. The first-order valence-corrected chi connectivity index (χ1v) is 5.52. The van der Waals surface area contributed by atoms with E-state index >= 15 is 0 Å². The number of carbonyl (C=O) groups is 1. The number of ketones is 1. The summed E-state index contributed by atoms with van der Waals surface area (Å²) < 4.78 is 0. The Labute approximate surface area is 99.5 Å². The van der Waals surface area contributed by atoms with Gasteiger partial charge in [0, 0.05) is 6.42 Å². The Kier molecular flexibility index (Phi) is 3.59. The van der Waals surface area contributed by atoms with Crippen molar-refractivity contribution in [3.8, 4) is 0 Å². The summed E-state index contributed by atoms with van der Waals surface area (Å²) in [5, 5.41) is 11.5. The van der Waals surface area contributed by atoms with Crippen molar-refractivity contribution < 1.29 is 4.79 Å². The average molecular weight is 230 g/mol. The second kappa shape index (κ2) is 5.34. The quantitative estimate of drug-likeness (QED) is 0.767. The van der Waals surface area contributed by atoms with Gasteiger partial charge in [-0.15, -0.1) is 10.2 Å². The number of nitrogens with zero attached hydrogens (tertiary/aromatic N) is 4. The topological polar surface area (TPSA) is 60.7 Å². The van der Waals surface area contributed by atoms with Gasteiger partial charge in [0.15, 0.2) is 5.82 Å². The van der Waals surface area contributed by atoms with Crippen LogP contribution in [0.25, 0.3) is 0 Å². The molecular weight excluding hydrogens is 216 g/mol. The fourth-order valence-corrected chi connectivity index (χ4v) is 1.59. The van der Waals surface area contributed by atoms with E-state index in [0.717, 1.165) is 6.42 Å². The largest absolute Gasteiger partial charge is 0.299 e. The molecule has 0 N–H and O–H groups in total. The van der Waals surface area contributed by atoms with Gasteiger partial charge < -0.3 is 0 Å². The summed E-state index contributed by atoms with van der Waals surface area (Å²) in [6.07, 6.45) is 1.54. The van der Waals surface area contributed by atoms with Gasteiger partial charge in [0.25, 0.3) is 0 Å². The summed E-state index contributed by atoms with van der Waals surface area (Å²) in [5.74, 6) is 0.632. The molecule has 2 aromatic rings. The van der Waals surface area contributed by atoms with Crippen molar-refractivity contribution in [2.45, 2.75) is 19.3 Å². The summed E-state index contributed by atoms with van der Waals surface area (Å²) in [6, 6.07) is 9.96. The zero-order valence-electron chi connectivity index (χ0n) is 9.71. The number of aryl methyl sites for hydroxylation is 2. The van der Waals surface area contributed by atoms with Gasteiger partial charge in [-0.3, -0.25) is 4.79 Å². The maximum atomic E-state index is 11.7. The van der Waals surface area contributed by atoms with Crippen LogP contribution in [0.15, 0.2) is 30.3 Å². The first-order valence-electron chi connectivity index (χ1n) is 5.52. The molecule has 0 bridgehead atoms. The SMILES string of the molecule is Cn1nnc(CC(=O)CCc2ccccc2)n1. The van der Waals surface area contributed by atoms with Crippen molar-refractivity contribution in [2.24, 2.45) is 7.05 Å². The van der Waals surface area contributed by atoms with E-state index in [1.807, 2.05) is 30.3 Å². The van der Waals surface area contributed by atoms with Crippen LogP contribution < -0.4 is 0 Å². The molecule has 5 nitrogen and oxygen atoms in total. The van der Waals surface area contributed by atoms with E-state index in [0.29, 0.717) is 12.2 Å². The summed E-state index contributed by atoms with van der Waals surface area (Å²) in [7, 11) is 1.69. The molecule has 0 saturated carbocycles. The third-order valence-corrected chi connectivity index (χ3v) is 2.44. The van der Waals surface area contributed by atoms with Gasteiger partial charge in [0.05, 0.1) is 13.5 Å². The van der Waals surface area contributed by atoms with Gasteiger partial charge in [-0.1, -0.05) is 30.3 Å². The molecule has 17 heavy (non-hydrogen) atoms. The van der Waals surface area contributed by atoms with Gasteiger partial charge in [-0.05, 0) is 17.2 Å². The van der Waals surface area contributed by atoms with Crippen LogP contribution in [0, 0.1) is 0 Å². The fraction of sp³-hybridized carbons (Fsp3) is 0.333. The molecule has 88 valence electrons. The third-order valence-electron chi connectivity index (χ3n) is 2.44. The molecular formula is C12H14N4O. The van der Waals surface area contributed by atoms with Gasteiger partial charge in [0.2, 0.25) is 0 Å². The van der Waals surface area contributed by atoms with E-state index in [-0.39, 0.29) is 12.2 Å². The molecule has 0 spiro atoms. The second-order valence-corrected chi connectivity index (χ2v) is 3.90. The smallest absolute Gasteiger partial charge is 0.182 e. The van der Waals surface area contributed by atoms with Crippen molar-refractivity contribution in [1.82, 2.24) is 20.2 Å². The highest BCUT2D eigenvalue weighted by molar-refractivity contribution is 5.80. The summed E-state index contributed by atoms with van der Waals surface area (Å²) in [4.78, 5) is 13.0. The molecule has 0 aliphatic carbocycles. The molecule has 0 aliphatic rings. The van der Waals surface area contributed by atoms with E-state index in [1.54, 1.807) is 7.05 Å². The Morgan fingerprint density at radius 3 is 2.71 bits per heavy atom. The number of tetrazole rings is 1. The van der Waals surface area contributed by atoms with Crippen LogP contribution in [0.3, 0.4) is 0 Å². The predicted octanol–water partition coefficient (Wildman–Crippen LogP) is 0.954. The van der Waals surface area contributed by atoms with Crippen molar-refractivity contribution in [2.75, 3.05) is 0 Å². The lowest BCUT2D eigenvalue weighted by Gasteiger charge is -1.99. The first-order chi connectivity index (χ1) is 8.24. The zero-order chi connectivity index (χ0) is 12.1. The van der Waals surface area contributed by atoms with Crippen LogP contribution in [0.1, 0.15) is 17.8 Å². The second-order valence-electron chi connectivity index (χ2n) is 3.90. The zero-order valence-corrected chi connectivity index (χ0v) is 9.71. The first kappa shape index (κ1) is 11.4. The molecule has 0 saturated heterocycles. The number of hydrogen-bond donors (Lipinski definition) is 0. The average Bonchev–Trinajstić information content (AvgIpc) is 2.73. The van der Waals surface area contributed by atoms with Gasteiger partial charge in [-0.2, -0.15) is 4.80 Å². The highest BCUT2D eigenvalue weighted by atomic mass is 16.1. The minimum atomic E-state index is 0.141. The van der Waals surface area contributed by atoms with Crippen LogP contribution in [0.2, 0.25) is 0 Å². The summed E-state index contributed by atoms with van der Waals surface area (Å²) >= 11 is 0. The lowest BCUT2D eigenvalue weighted by Crippen LogP contribution is -2.06. The monoisotopic (exact) mass is 230 g/mol. The third kappa shape index (κ3) is 3.48. The Morgan fingerprint density at radius 1 is 1.29 bits per heavy atom. The molecule has 5 heteroatoms. The molecule has 0 amide bonds. The Morgan fingerprint density at radius 2 is 2.06 bits per heavy atom. The highest BCUT2D eigenvalue weighted by Crippen LogP contribution is 2.04. The van der Waals surface area contributed by atoms with E-state index in [1.165, 1.54) is 10.4 Å². The number of hydrogen-bond acceptors (Lipinski definition) is 4. The van der Waals surface area contributed by atoms with E-state index in [2.05, 4.69) is 15.4 Å². The molecule has 0 fully saturated rings. The summed E-state index contributed by atoms with van der Waals surface area (Å²) in [5.41, 5.74) is 1.17. The lowest BCUT2D eigenvalue weighted by atomic mass is 10.1. The van der Waals surface area contributed by atoms with Crippen molar-refractivity contribution in [1.29, 1.82) is 0 Å². The van der Waals surface area contributed by atoms with Crippen molar-refractivity contribution in [3.05, 3.63) is 41.7 Å². The molecule has 0 atom stereocenters. The van der Waals surface area contributed by atoms with Crippen LogP contribution >= 0.6 is 0 Å². The van der Waals surface area contributed by atoms with Gasteiger partial charge in [-0.25, -0.2) is 0 Å². The molecule has 0 aliphatic heterocycles. The number of Topliss-reactive ketones (excluding diaryl/α,β-unsaturated/α-hetero) is 1. The maximum absolute atomic E-state index is 11.7. The van der Waals surface area contributed by atoms with Crippen molar-refractivity contribution >= 4 is 5.78 Å². The highest BCUT2D eigenvalue weighted by Gasteiger charge is 2.08. The molecule has 1 heterocycles. The van der Waals surface area contributed by atoms with Crippen LogP contribution in [-0.2, 0) is 24.7 Å². The van der Waals surface area contributed by atoms with E-state index in [9.17, 15) is 4.79 Å². The van der Waals surface area contributed by atoms with Crippen molar-refractivity contribution in [3.63, 3.8) is 0 Å². The molecule has 0 radical (unpaired) electrons. The normalized spacial score (nSPS) is 10.4. The van der Waals surface area contributed by atoms with Crippen LogP contribution in [-0.4, -0.2) is 26.0 Å². The number of carbonyl (C=O) groups excluding carboxylic acids is 1. The Balaban J connectivity index is 1.82. The molecule has 1 aromatic heterocycles. The van der Waals surface area contributed by atoms with Gasteiger partial charge in [0.1, 0.15) is 5.78 Å². The summed E-state index contributed by atoms with van der Waals surface area (Å²) in [6.45, 7) is 0. The minimum Gasteiger partial charge on any atom is -0.299 e. The lowest BCUT2D eigenvalue weighted by molar-refractivity contribution is -0.118. The van der Waals surface area contributed by atoms with E-state index in [4.69, 9.17) is 0 Å². The Hall–Kier alpha value is -2.04. The maximum Gasteiger partial charge on any atom is 0.182 e. The number of rotatable bonds is 5. The fourth-order valence-electron chi connectivity index (χ4n) is 1.59. The van der Waals surface area contributed by atoms with Crippen LogP contribution in [0.5, 0.6) is 0 Å². The molecule has 1 aromatic carbocycles. The number of aromatic nitrogens is 4. The molecule has 0 unspecified atom stereocenters. The minimum absolute atomic E-state index is 0.141. The Bertz CT molecular complexity index is 492. The standard InChI is InChI=1S/C12H14N4O/c1-16-14-12(13-15-16)9-11(17)8-7-10-5-3-2-4-6-10/h2-6H,7-9H2,1H3. The van der Waals surface area contributed by atoms with Crippen LogP contribution in [0.4, 0.5) is 0 Å². The molecule has 2 rings (SSSR count).